The van der Waals surface area contributed by atoms with Crippen LogP contribution in [0.3, 0.4) is 0 Å². The van der Waals surface area contributed by atoms with Crippen LogP contribution in [-0.2, 0) is 9.47 Å². The van der Waals surface area contributed by atoms with Gasteiger partial charge < -0.3 is 14.4 Å². The number of carbonyl (C=O) groups excluding carboxylic acids is 1. The van der Waals surface area contributed by atoms with E-state index in [4.69, 9.17) is 9.47 Å². The Balaban J connectivity index is 1.91. The summed E-state index contributed by atoms with van der Waals surface area (Å²) in [5.74, 6) is 0. The number of carbonyl (C=O) groups is 1. The molecule has 5 nitrogen and oxygen atoms in total. The first kappa shape index (κ1) is 13.6. The molecular formula is C13H24N2O3. The molecule has 0 spiro atoms. The Morgan fingerprint density at radius 2 is 2.00 bits per heavy atom. The number of rotatable bonds is 1. The number of nitrogens with zero attached hydrogens (tertiary/aromatic N) is 2. The second-order valence-corrected chi connectivity index (χ2v) is 6.04. The minimum atomic E-state index is -0.434. The summed E-state index contributed by atoms with van der Waals surface area (Å²) >= 11 is 0. The van der Waals surface area contributed by atoms with E-state index in [1.165, 1.54) is 6.42 Å². The minimum absolute atomic E-state index is 0.224. The molecule has 18 heavy (non-hydrogen) atoms. The SMILES string of the molecule is CC(C)(C)OC(=O)N1CCOCC(N2CCC2)C1. The lowest BCUT2D eigenvalue weighted by atomic mass is 10.1. The molecule has 2 rings (SSSR count). The summed E-state index contributed by atoms with van der Waals surface area (Å²) in [5, 5.41) is 0. The lowest BCUT2D eigenvalue weighted by Crippen LogP contribution is -2.52. The van der Waals surface area contributed by atoms with Crippen molar-refractivity contribution in [3.8, 4) is 0 Å². The maximum atomic E-state index is 12.1. The van der Waals surface area contributed by atoms with Crippen molar-refractivity contribution in [3.63, 3.8) is 0 Å². The van der Waals surface area contributed by atoms with Crippen molar-refractivity contribution in [3.05, 3.63) is 0 Å². The highest BCUT2D eigenvalue weighted by molar-refractivity contribution is 5.68. The Bertz CT molecular complexity index is 297. The third-order valence-electron chi connectivity index (χ3n) is 3.31. The van der Waals surface area contributed by atoms with Gasteiger partial charge in [-0.2, -0.15) is 0 Å². The molecule has 2 aliphatic rings. The Labute approximate surface area is 109 Å². The lowest BCUT2D eigenvalue weighted by molar-refractivity contribution is 0.0175. The normalized spacial score (nSPS) is 26.4. The van der Waals surface area contributed by atoms with E-state index in [0.717, 1.165) is 26.2 Å². The molecule has 104 valence electrons. The van der Waals surface area contributed by atoms with Crippen LogP contribution >= 0.6 is 0 Å². The van der Waals surface area contributed by atoms with Gasteiger partial charge >= 0.3 is 6.09 Å². The molecule has 1 amide bonds. The molecule has 0 aliphatic carbocycles. The van der Waals surface area contributed by atoms with Crippen LogP contribution in [0.25, 0.3) is 0 Å². The van der Waals surface area contributed by atoms with Gasteiger partial charge in [0.15, 0.2) is 0 Å². The van der Waals surface area contributed by atoms with Crippen LogP contribution in [-0.4, -0.2) is 66.9 Å². The molecular weight excluding hydrogens is 232 g/mol. The van der Waals surface area contributed by atoms with Crippen LogP contribution in [0.2, 0.25) is 0 Å². The number of hydrogen-bond acceptors (Lipinski definition) is 4. The summed E-state index contributed by atoms with van der Waals surface area (Å²) in [5.41, 5.74) is -0.434. The van der Waals surface area contributed by atoms with Crippen LogP contribution in [0.5, 0.6) is 0 Å². The molecule has 0 N–H and O–H groups in total. The maximum absolute atomic E-state index is 12.1. The zero-order chi connectivity index (χ0) is 13.2. The van der Waals surface area contributed by atoms with Crippen LogP contribution in [0.15, 0.2) is 0 Å². The number of likely N-dealkylation sites (tertiary alicyclic amines) is 1. The van der Waals surface area contributed by atoms with Crippen LogP contribution < -0.4 is 0 Å². The molecule has 2 heterocycles. The monoisotopic (exact) mass is 256 g/mol. The van der Waals surface area contributed by atoms with E-state index in [1.807, 2.05) is 20.8 Å². The first-order valence-corrected chi connectivity index (χ1v) is 6.75. The largest absolute Gasteiger partial charge is 0.444 e. The van der Waals surface area contributed by atoms with Gasteiger partial charge in [0, 0.05) is 13.1 Å². The van der Waals surface area contributed by atoms with Gasteiger partial charge in [-0.15, -0.1) is 0 Å². The van der Waals surface area contributed by atoms with Crippen molar-refractivity contribution >= 4 is 6.09 Å². The van der Waals surface area contributed by atoms with E-state index >= 15 is 0 Å². The first-order valence-electron chi connectivity index (χ1n) is 6.75. The van der Waals surface area contributed by atoms with E-state index in [1.54, 1.807) is 4.90 Å². The summed E-state index contributed by atoms with van der Waals surface area (Å²) in [4.78, 5) is 16.2. The molecule has 2 saturated heterocycles. The highest BCUT2D eigenvalue weighted by Crippen LogP contribution is 2.17. The fraction of sp³-hybridized carbons (Fsp3) is 0.923. The van der Waals surface area contributed by atoms with Gasteiger partial charge in [-0.05, 0) is 40.3 Å². The molecule has 0 saturated carbocycles. The smallest absolute Gasteiger partial charge is 0.410 e. The fourth-order valence-corrected chi connectivity index (χ4v) is 2.21. The average molecular weight is 256 g/mol. The van der Waals surface area contributed by atoms with E-state index < -0.39 is 5.60 Å². The Morgan fingerprint density at radius 3 is 2.56 bits per heavy atom. The quantitative estimate of drug-likeness (QED) is 0.710. The van der Waals surface area contributed by atoms with Crippen molar-refractivity contribution in [1.82, 2.24) is 9.80 Å². The molecule has 5 heteroatoms. The summed E-state index contributed by atoms with van der Waals surface area (Å²) in [6.45, 7) is 10.6. The van der Waals surface area contributed by atoms with Gasteiger partial charge in [0.25, 0.3) is 0 Å². The second kappa shape index (κ2) is 5.45. The maximum Gasteiger partial charge on any atom is 0.410 e. The molecule has 1 unspecified atom stereocenters. The van der Waals surface area contributed by atoms with Crippen molar-refractivity contribution < 1.29 is 14.3 Å². The van der Waals surface area contributed by atoms with Crippen molar-refractivity contribution in [2.24, 2.45) is 0 Å². The summed E-state index contributed by atoms with van der Waals surface area (Å²) in [6.07, 6.45) is 1.03. The third-order valence-corrected chi connectivity index (χ3v) is 3.31. The molecule has 2 aliphatic heterocycles. The van der Waals surface area contributed by atoms with Crippen molar-refractivity contribution in [1.29, 1.82) is 0 Å². The van der Waals surface area contributed by atoms with Gasteiger partial charge in [0.05, 0.1) is 19.3 Å². The Morgan fingerprint density at radius 1 is 1.28 bits per heavy atom. The highest BCUT2D eigenvalue weighted by atomic mass is 16.6. The van der Waals surface area contributed by atoms with Gasteiger partial charge in [-0.25, -0.2) is 4.79 Å². The van der Waals surface area contributed by atoms with Crippen molar-refractivity contribution in [2.75, 3.05) is 39.4 Å². The van der Waals surface area contributed by atoms with E-state index in [-0.39, 0.29) is 6.09 Å². The Kier molecular flexibility index (Phi) is 4.12. The fourth-order valence-electron chi connectivity index (χ4n) is 2.21. The molecule has 0 aromatic carbocycles. The zero-order valence-corrected chi connectivity index (χ0v) is 11.6. The van der Waals surface area contributed by atoms with E-state index in [2.05, 4.69) is 4.90 Å². The minimum Gasteiger partial charge on any atom is -0.444 e. The third kappa shape index (κ3) is 3.59. The molecule has 0 aromatic heterocycles. The van der Waals surface area contributed by atoms with Crippen LogP contribution in [0.1, 0.15) is 27.2 Å². The lowest BCUT2D eigenvalue weighted by Gasteiger charge is -2.39. The van der Waals surface area contributed by atoms with E-state index in [0.29, 0.717) is 19.2 Å². The summed E-state index contributed by atoms with van der Waals surface area (Å²) in [6, 6.07) is 0.328. The summed E-state index contributed by atoms with van der Waals surface area (Å²) < 4.78 is 11.0. The standard InChI is InChI=1S/C13H24N2O3/c1-13(2,3)18-12(16)15-7-8-17-10-11(9-15)14-5-4-6-14/h11H,4-10H2,1-3H3. The van der Waals surface area contributed by atoms with Gasteiger partial charge in [0.1, 0.15) is 5.60 Å². The number of hydrogen-bond donors (Lipinski definition) is 0. The average Bonchev–Trinajstić information content (AvgIpc) is 2.38. The number of ether oxygens (including phenoxy) is 2. The molecule has 1 atom stereocenters. The second-order valence-electron chi connectivity index (χ2n) is 6.04. The summed E-state index contributed by atoms with van der Waals surface area (Å²) in [7, 11) is 0. The molecule has 0 aromatic rings. The van der Waals surface area contributed by atoms with E-state index in [9.17, 15) is 4.79 Å². The topological polar surface area (TPSA) is 42.0 Å². The van der Waals surface area contributed by atoms with Gasteiger partial charge in [-0.1, -0.05) is 0 Å². The zero-order valence-electron chi connectivity index (χ0n) is 11.6. The van der Waals surface area contributed by atoms with Gasteiger partial charge in [0.2, 0.25) is 0 Å². The predicted molar refractivity (Wildman–Crippen MR) is 68.6 cm³/mol. The first-order chi connectivity index (χ1) is 8.46. The molecule has 0 radical (unpaired) electrons. The van der Waals surface area contributed by atoms with Crippen molar-refractivity contribution in [2.45, 2.75) is 38.8 Å². The predicted octanol–water partition coefficient (Wildman–Crippen LogP) is 1.33. The van der Waals surface area contributed by atoms with Crippen LogP contribution in [0, 0.1) is 0 Å². The van der Waals surface area contributed by atoms with Crippen LogP contribution in [0.4, 0.5) is 4.79 Å². The van der Waals surface area contributed by atoms with Gasteiger partial charge in [-0.3, -0.25) is 4.90 Å². The Hall–Kier alpha value is -0.810. The molecule has 2 fully saturated rings. The highest BCUT2D eigenvalue weighted by Gasteiger charge is 2.31. The number of amides is 1. The molecule has 0 bridgehead atoms.